The third-order valence-corrected chi connectivity index (χ3v) is 7.98. The molecule has 1 saturated carbocycles. The molecule has 150 valence electrons. The minimum atomic E-state index is -3.30. The van der Waals surface area contributed by atoms with Gasteiger partial charge in [0.15, 0.2) is 0 Å². The van der Waals surface area contributed by atoms with Crippen LogP contribution in [0.5, 0.6) is 0 Å². The summed E-state index contributed by atoms with van der Waals surface area (Å²) in [6.07, 6.45) is 7.61. The quantitative estimate of drug-likeness (QED) is 0.791. The molecule has 1 aliphatic carbocycles. The van der Waals surface area contributed by atoms with Gasteiger partial charge in [0.2, 0.25) is 10.0 Å². The summed E-state index contributed by atoms with van der Waals surface area (Å²) in [5.41, 5.74) is 1.71. The average molecular weight is 401 g/mol. The molecule has 5 rings (SSSR count). The van der Waals surface area contributed by atoms with E-state index >= 15 is 0 Å². The van der Waals surface area contributed by atoms with E-state index in [9.17, 15) is 8.42 Å². The van der Waals surface area contributed by atoms with Crippen LogP contribution < -0.4 is 0 Å². The van der Waals surface area contributed by atoms with E-state index in [4.69, 9.17) is 4.98 Å². The Bertz CT molecular complexity index is 958. The van der Waals surface area contributed by atoms with E-state index in [-0.39, 0.29) is 0 Å². The number of rotatable bonds is 4. The van der Waals surface area contributed by atoms with Crippen molar-refractivity contribution >= 4 is 10.0 Å². The number of nitrogens with zero attached hydrogens (tertiary/aromatic N) is 4. The molecule has 2 fully saturated rings. The molecule has 2 aliphatic heterocycles. The summed E-state index contributed by atoms with van der Waals surface area (Å²) < 4.78 is 29.4. The molecule has 0 bridgehead atoms. The Morgan fingerprint density at radius 1 is 1.07 bits per heavy atom. The molecule has 3 aliphatic rings. The Morgan fingerprint density at radius 2 is 1.79 bits per heavy atom. The molecular weight excluding hydrogens is 372 g/mol. The summed E-state index contributed by atoms with van der Waals surface area (Å²) >= 11 is 0. The number of sulfonamides is 1. The molecule has 28 heavy (non-hydrogen) atoms. The van der Waals surface area contributed by atoms with Crippen LogP contribution in [0.2, 0.25) is 0 Å². The number of hydrogen-bond donors (Lipinski definition) is 0. The van der Waals surface area contributed by atoms with Crippen molar-refractivity contribution < 1.29 is 8.42 Å². The number of benzene rings is 1. The first kappa shape index (κ1) is 18.3. The van der Waals surface area contributed by atoms with Gasteiger partial charge in [-0.3, -0.25) is 0 Å². The smallest absolute Gasteiger partial charge is 0.212 e. The molecule has 0 atom stereocenters. The van der Waals surface area contributed by atoms with Gasteiger partial charge in [-0.15, -0.1) is 0 Å². The molecule has 1 aromatic carbocycles. The Kier molecular flexibility index (Phi) is 4.37. The highest BCUT2D eigenvalue weighted by atomic mass is 32.2. The van der Waals surface area contributed by atoms with Crippen LogP contribution in [0.3, 0.4) is 0 Å². The van der Waals surface area contributed by atoms with E-state index in [2.05, 4.69) is 21.6 Å². The van der Waals surface area contributed by atoms with Gasteiger partial charge in [0.05, 0.1) is 23.7 Å². The van der Waals surface area contributed by atoms with Crippen LogP contribution in [-0.2, 0) is 22.1 Å². The van der Waals surface area contributed by atoms with Gasteiger partial charge in [-0.2, -0.15) is 4.31 Å². The Labute approximate surface area is 167 Å². The number of hydrogen-bond acceptors (Lipinski definition) is 4. The lowest BCUT2D eigenvalue weighted by molar-refractivity contribution is 0.0469. The van der Waals surface area contributed by atoms with Crippen LogP contribution in [0.15, 0.2) is 36.5 Å². The van der Waals surface area contributed by atoms with Crippen molar-refractivity contribution in [2.24, 2.45) is 5.92 Å². The van der Waals surface area contributed by atoms with Gasteiger partial charge in [-0.25, -0.2) is 13.4 Å². The van der Waals surface area contributed by atoms with E-state index in [1.165, 1.54) is 25.6 Å². The van der Waals surface area contributed by atoms with Crippen molar-refractivity contribution in [3.63, 3.8) is 0 Å². The number of fused-ring (bicyclic) bond motifs is 2. The van der Waals surface area contributed by atoms with Gasteiger partial charge < -0.3 is 9.47 Å². The molecule has 6 nitrogen and oxygen atoms in total. The highest BCUT2D eigenvalue weighted by Gasteiger charge is 2.51. The summed E-state index contributed by atoms with van der Waals surface area (Å²) in [6.45, 7) is 4.22. The van der Waals surface area contributed by atoms with E-state index in [1.807, 2.05) is 24.4 Å². The number of imidazole rings is 1. The molecule has 0 N–H and O–H groups in total. The van der Waals surface area contributed by atoms with Crippen molar-refractivity contribution in [2.45, 2.75) is 37.8 Å². The van der Waals surface area contributed by atoms with Crippen LogP contribution in [0.25, 0.3) is 11.3 Å². The summed E-state index contributed by atoms with van der Waals surface area (Å²) in [4.78, 5) is 7.33. The van der Waals surface area contributed by atoms with E-state index < -0.39 is 15.6 Å². The van der Waals surface area contributed by atoms with E-state index in [1.54, 1.807) is 4.31 Å². The van der Waals surface area contributed by atoms with Crippen molar-refractivity contribution in [3.05, 3.63) is 42.4 Å². The zero-order valence-corrected chi connectivity index (χ0v) is 17.2. The lowest BCUT2D eigenvalue weighted by Gasteiger charge is -2.49. The van der Waals surface area contributed by atoms with Crippen molar-refractivity contribution in [1.29, 1.82) is 0 Å². The Hall–Kier alpha value is -1.70. The maximum Gasteiger partial charge on any atom is 0.212 e. The van der Waals surface area contributed by atoms with Gasteiger partial charge >= 0.3 is 0 Å². The van der Waals surface area contributed by atoms with Crippen LogP contribution in [0.1, 0.15) is 31.5 Å². The number of aromatic nitrogens is 2. The first-order valence-corrected chi connectivity index (χ1v) is 12.1. The Morgan fingerprint density at radius 3 is 2.43 bits per heavy atom. The molecule has 7 heteroatoms. The van der Waals surface area contributed by atoms with Crippen LogP contribution >= 0.6 is 0 Å². The second-order valence-corrected chi connectivity index (χ2v) is 10.5. The third kappa shape index (κ3) is 3.09. The number of piperidine rings is 1. The topological polar surface area (TPSA) is 58.4 Å². The summed E-state index contributed by atoms with van der Waals surface area (Å²) in [5, 5.41) is 0. The van der Waals surface area contributed by atoms with Crippen LogP contribution in [0, 0.1) is 5.92 Å². The summed E-state index contributed by atoms with van der Waals surface area (Å²) in [5.74, 6) is 1.78. The first-order chi connectivity index (χ1) is 13.5. The van der Waals surface area contributed by atoms with Crippen molar-refractivity contribution in [2.75, 3.05) is 32.4 Å². The summed E-state index contributed by atoms with van der Waals surface area (Å²) in [7, 11) is -3.30. The molecule has 1 saturated heterocycles. The fourth-order valence-electron chi connectivity index (χ4n) is 5.06. The second-order valence-electron chi connectivity index (χ2n) is 8.60. The van der Waals surface area contributed by atoms with E-state index in [0.29, 0.717) is 13.1 Å². The standard InChI is InChI=1S/C21H28N4O2S/c1-28(26,27)25-14-13-24-19(18-5-3-2-4-6-18)15-22-20(24)21(25)9-11-23(12-10-21)16-17-7-8-17/h2-6,15,17H,7-14,16H2,1H3. The highest BCUT2D eigenvalue weighted by molar-refractivity contribution is 7.88. The van der Waals surface area contributed by atoms with Crippen molar-refractivity contribution in [3.8, 4) is 11.3 Å². The lowest BCUT2D eigenvalue weighted by atomic mass is 9.85. The third-order valence-electron chi connectivity index (χ3n) is 6.64. The maximum absolute atomic E-state index is 12.7. The minimum absolute atomic E-state index is 0.515. The predicted molar refractivity (Wildman–Crippen MR) is 109 cm³/mol. The minimum Gasteiger partial charge on any atom is -0.325 e. The largest absolute Gasteiger partial charge is 0.325 e. The monoisotopic (exact) mass is 400 g/mol. The molecular formula is C21H28N4O2S. The molecule has 0 unspecified atom stereocenters. The fraction of sp³-hybridized carbons (Fsp3) is 0.571. The Balaban J connectivity index is 1.53. The molecule has 3 heterocycles. The summed E-state index contributed by atoms with van der Waals surface area (Å²) in [6, 6.07) is 10.3. The van der Waals surface area contributed by atoms with Crippen LogP contribution in [-0.4, -0.2) is 59.6 Å². The van der Waals surface area contributed by atoms with Gasteiger partial charge in [0.1, 0.15) is 5.82 Å². The van der Waals surface area contributed by atoms with Gasteiger partial charge in [0, 0.05) is 32.7 Å². The fourth-order valence-corrected chi connectivity index (χ4v) is 6.37. The molecule has 0 radical (unpaired) electrons. The number of likely N-dealkylation sites (tertiary alicyclic amines) is 1. The first-order valence-electron chi connectivity index (χ1n) is 10.3. The lowest BCUT2D eigenvalue weighted by Crippen LogP contribution is -2.59. The van der Waals surface area contributed by atoms with E-state index in [0.717, 1.165) is 48.9 Å². The van der Waals surface area contributed by atoms with Crippen molar-refractivity contribution in [1.82, 2.24) is 18.8 Å². The average Bonchev–Trinajstić information content (AvgIpc) is 3.38. The van der Waals surface area contributed by atoms with Gasteiger partial charge in [-0.05, 0) is 37.2 Å². The zero-order valence-electron chi connectivity index (χ0n) is 16.4. The molecule has 2 aromatic rings. The normalized spacial score (nSPS) is 23.0. The SMILES string of the molecule is CS(=O)(=O)N1CCn2c(-c3ccccc3)cnc2C12CCN(CC1CC1)CC2. The maximum atomic E-state index is 12.7. The van der Waals surface area contributed by atoms with Gasteiger partial charge in [0.25, 0.3) is 0 Å². The molecule has 1 aromatic heterocycles. The second kappa shape index (κ2) is 6.68. The zero-order chi connectivity index (χ0) is 19.4. The van der Waals surface area contributed by atoms with Gasteiger partial charge in [-0.1, -0.05) is 30.3 Å². The molecule has 0 amide bonds. The highest BCUT2D eigenvalue weighted by Crippen LogP contribution is 2.44. The predicted octanol–water partition coefficient (Wildman–Crippen LogP) is 2.53. The van der Waals surface area contributed by atoms with Crippen LogP contribution in [0.4, 0.5) is 0 Å². The molecule has 1 spiro atoms.